The molecule has 0 aliphatic carbocycles. The molecule has 3 heteroatoms. The van der Waals surface area contributed by atoms with Crippen LogP contribution in [0.15, 0.2) is 18.3 Å². The molecule has 0 unspecified atom stereocenters. The van der Waals surface area contributed by atoms with Gasteiger partial charge in [-0.05, 0) is 30.1 Å². The number of hydrogen-bond acceptors (Lipinski definition) is 3. The van der Waals surface area contributed by atoms with Crippen LogP contribution in [-0.4, -0.2) is 9.36 Å². The van der Waals surface area contributed by atoms with Crippen LogP contribution in [0.5, 0.6) is 0 Å². The summed E-state index contributed by atoms with van der Waals surface area (Å²) in [7, 11) is 0. The molecule has 56 valence electrons. The number of fused-ring (bicyclic) bond motifs is 1. The van der Waals surface area contributed by atoms with Crippen molar-refractivity contribution in [2.45, 2.75) is 13.3 Å². The van der Waals surface area contributed by atoms with Gasteiger partial charge in [0.2, 0.25) is 0 Å². The average molecular weight is 164 g/mol. The molecule has 0 saturated carbocycles. The molecule has 0 bridgehead atoms. The van der Waals surface area contributed by atoms with Crippen LogP contribution in [0, 0.1) is 0 Å². The molecule has 0 aliphatic heterocycles. The number of rotatable bonds is 1. The predicted molar refractivity (Wildman–Crippen MR) is 46.8 cm³/mol. The maximum atomic E-state index is 4.27. The zero-order chi connectivity index (χ0) is 7.68. The van der Waals surface area contributed by atoms with Crippen LogP contribution in [0.1, 0.15) is 11.8 Å². The lowest BCUT2D eigenvalue weighted by molar-refractivity contribution is 1.19. The normalized spacial score (nSPS) is 10.6. The maximum Gasteiger partial charge on any atom is 0.104 e. The minimum absolute atomic E-state index is 1.02. The third-order valence-corrected chi connectivity index (χ3v) is 2.62. The van der Waals surface area contributed by atoms with E-state index in [-0.39, 0.29) is 0 Å². The molecule has 2 nitrogen and oxygen atoms in total. The Bertz CT molecular complexity index is 367. The maximum absolute atomic E-state index is 4.27. The van der Waals surface area contributed by atoms with Gasteiger partial charge in [-0.3, -0.25) is 4.98 Å². The molecule has 0 aromatic carbocycles. The highest BCUT2D eigenvalue weighted by Gasteiger charge is 2.02. The highest BCUT2D eigenvalue weighted by Crippen LogP contribution is 2.19. The fraction of sp³-hybridized carbons (Fsp3) is 0.250. The van der Waals surface area contributed by atoms with Crippen molar-refractivity contribution in [2.24, 2.45) is 0 Å². The van der Waals surface area contributed by atoms with Crippen molar-refractivity contribution in [3.8, 4) is 0 Å². The second-order valence-corrected chi connectivity index (χ2v) is 3.19. The van der Waals surface area contributed by atoms with Crippen molar-refractivity contribution in [3.63, 3.8) is 0 Å². The lowest BCUT2D eigenvalue weighted by atomic mass is 10.3. The molecule has 2 heterocycles. The van der Waals surface area contributed by atoms with Crippen LogP contribution in [0.2, 0.25) is 0 Å². The summed E-state index contributed by atoms with van der Waals surface area (Å²) < 4.78 is 4.27. The van der Waals surface area contributed by atoms with Gasteiger partial charge in [0.25, 0.3) is 0 Å². The van der Waals surface area contributed by atoms with E-state index in [9.17, 15) is 0 Å². The highest BCUT2D eigenvalue weighted by atomic mass is 32.1. The lowest BCUT2D eigenvalue weighted by Crippen LogP contribution is -1.76. The van der Waals surface area contributed by atoms with Crippen molar-refractivity contribution >= 4 is 22.6 Å². The van der Waals surface area contributed by atoms with Crippen LogP contribution in [0.25, 0.3) is 11.0 Å². The van der Waals surface area contributed by atoms with Crippen molar-refractivity contribution in [1.29, 1.82) is 0 Å². The van der Waals surface area contributed by atoms with E-state index in [2.05, 4.69) is 16.3 Å². The molecule has 0 atom stereocenters. The van der Waals surface area contributed by atoms with Gasteiger partial charge in [-0.2, -0.15) is 4.37 Å². The van der Waals surface area contributed by atoms with E-state index in [0.717, 1.165) is 17.5 Å². The molecule has 2 rings (SSSR count). The monoisotopic (exact) mass is 164 g/mol. The van der Waals surface area contributed by atoms with E-state index in [1.165, 1.54) is 4.88 Å². The number of nitrogens with zero attached hydrogens (tertiary/aromatic N) is 2. The van der Waals surface area contributed by atoms with E-state index in [1.54, 1.807) is 11.5 Å². The van der Waals surface area contributed by atoms with Gasteiger partial charge in [0.15, 0.2) is 0 Å². The molecule has 0 N–H and O–H groups in total. The van der Waals surface area contributed by atoms with Gasteiger partial charge in [-0.25, -0.2) is 0 Å². The molecule has 2 aromatic rings. The fourth-order valence-electron chi connectivity index (χ4n) is 1.06. The summed E-state index contributed by atoms with van der Waals surface area (Å²) in [6.07, 6.45) is 2.84. The Balaban J connectivity index is 2.76. The summed E-state index contributed by atoms with van der Waals surface area (Å²) in [5, 5.41) is 0. The summed E-state index contributed by atoms with van der Waals surface area (Å²) in [5.41, 5.74) is 2.09. The first-order chi connectivity index (χ1) is 5.42. The summed E-state index contributed by atoms with van der Waals surface area (Å²) in [4.78, 5) is 5.54. The Morgan fingerprint density at radius 1 is 1.55 bits per heavy atom. The van der Waals surface area contributed by atoms with Crippen LogP contribution in [0.4, 0.5) is 0 Å². The summed E-state index contributed by atoms with van der Waals surface area (Å²) in [6.45, 7) is 2.13. The number of aryl methyl sites for hydroxylation is 1. The SMILES string of the molecule is CCc1snc2cccnc12. The van der Waals surface area contributed by atoms with Crippen molar-refractivity contribution in [2.75, 3.05) is 0 Å². The number of aromatic nitrogens is 2. The standard InChI is InChI=1S/C8H8N2S/c1-2-7-8-6(10-11-7)4-3-5-9-8/h3-5H,2H2,1H3. The van der Waals surface area contributed by atoms with E-state index < -0.39 is 0 Å². The van der Waals surface area contributed by atoms with Crippen LogP contribution in [0.3, 0.4) is 0 Å². The molecule has 0 aliphatic rings. The topological polar surface area (TPSA) is 25.8 Å². The Labute approximate surface area is 69.1 Å². The van der Waals surface area contributed by atoms with Gasteiger partial charge in [-0.1, -0.05) is 6.92 Å². The van der Waals surface area contributed by atoms with Crippen molar-refractivity contribution < 1.29 is 0 Å². The van der Waals surface area contributed by atoms with E-state index >= 15 is 0 Å². The summed E-state index contributed by atoms with van der Waals surface area (Å²) >= 11 is 1.55. The Hall–Kier alpha value is -0.960. The molecular weight excluding hydrogens is 156 g/mol. The van der Waals surface area contributed by atoms with Crippen molar-refractivity contribution in [3.05, 3.63) is 23.2 Å². The first-order valence-electron chi connectivity index (χ1n) is 3.61. The average Bonchev–Trinajstić information content (AvgIpc) is 2.47. The van der Waals surface area contributed by atoms with E-state index in [0.29, 0.717) is 0 Å². The zero-order valence-corrected chi connectivity index (χ0v) is 7.06. The highest BCUT2D eigenvalue weighted by molar-refractivity contribution is 7.07. The molecule has 0 fully saturated rings. The molecule has 0 amide bonds. The van der Waals surface area contributed by atoms with Crippen molar-refractivity contribution in [1.82, 2.24) is 9.36 Å². The Morgan fingerprint density at radius 3 is 3.27 bits per heavy atom. The Kier molecular flexibility index (Phi) is 1.58. The summed E-state index contributed by atoms with van der Waals surface area (Å²) in [5.74, 6) is 0. The van der Waals surface area contributed by atoms with Gasteiger partial charge < -0.3 is 0 Å². The second kappa shape index (κ2) is 2.58. The first kappa shape index (κ1) is 6.73. The van der Waals surface area contributed by atoms with Crippen LogP contribution >= 0.6 is 11.5 Å². The van der Waals surface area contributed by atoms with Crippen LogP contribution < -0.4 is 0 Å². The van der Waals surface area contributed by atoms with E-state index in [4.69, 9.17) is 0 Å². The Morgan fingerprint density at radius 2 is 2.45 bits per heavy atom. The van der Waals surface area contributed by atoms with Gasteiger partial charge in [-0.15, -0.1) is 0 Å². The quantitative estimate of drug-likeness (QED) is 0.646. The van der Waals surface area contributed by atoms with E-state index in [1.807, 2.05) is 18.3 Å². The molecule has 0 radical (unpaired) electrons. The zero-order valence-electron chi connectivity index (χ0n) is 6.24. The second-order valence-electron chi connectivity index (χ2n) is 2.33. The molecule has 11 heavy (non-hydrogen) atoms. The van der Waals surface area contributed by atoms with Gasteiger partial charge >= 0.3 is 0 Å². The predicted octanol–water partition coefficient (Wildman–Crippen LogP) is 2.25. The first-order valence-corrected chi connectivity index (χ1v) is 4.38. The molecule has 0 saturated heterocycles. The molecule has 2 aromatic heterocycles. The number of hydrogen-bond donors (Lipinski definition) is 0. The molecular formula is C8H8N2S. The third-order valence-electron chi connectivity index (χ3n) is 1.63. The van der Waals surface area contributed by atoms with Gasteiger partial charge in [0.05, 0.1) is 4.88 Å². The third kappa shape index (κ3) is 1.01. The summed E-state index contributed by atoms with van der Waals surface area (Å²) in [6, 6.07) is 3.92. The largest absolute Gasteiger partial charge is 0.253 e. The minimum atomic E-state index is 1.02. The lowest BCUT2D eigenvalue weighted by Gasteiger charge is -1.87. The number of pyridine rings is 1. The smallest absolute Gasteiger partial charge is 0.104 e. The van der Waals surface area contributed by atoms with Gasteiger partial charge in [0.1, 0.15) is 11.0 Å². The molecule has 0 spiro atoms. The fourth-order valence-corrected chi connectivity index (χ4v) is 1.79. The van der Waals surface area contributed by atoms with Crippen LogP contribution in [-0.2, 0) is 6.42 Å². The minimum Gasteiger partial charge on any atom is -0.253 e. The van der Waals surface area contributed by atoms with Gasteiger partial charge in [0, 0.05) is 6.20 Å².